The zero-order valence-corrected chi connectivity index (χ0v) is 16.7. The Balaban J connectivity index is 1.99. The van der Waals surface area contributed by atoms with Crippen LogP contribution in [0.3, 0.4) is 0 Å². The van der Waals surface area contributed by atoms with E-state index in [1.807, 2.05) is 22.6 Å². The third kappa shape index (κ3) is 2.39. The van der Waals surface area contributed by atoms with Crippen LogP contribution < -0.4 is 5.73 Å². The average Bonchev–Trinajstić information content (AvgIpc) is 2.61. The second-order valence-corrected chi connectivity index (χ2v) is 8.81. The molecule has 5 atom stereocenters. The summed E-state index contributed by atoms with van der Waals surface area (Å²) in [5, 5.41) is 42.3. The number of rotatable bonds is 1. The molecule has 6 N–H and O–H groups in total. The number of Topliss-reactive ketones (excluding diaryl/α,β-unsaturated/α-hetero) is 2. The number of phenolic OH excluding ortho intramolecular Hbond substituents is 1. The Morgan fingerprint density at radius 2 is 1.89 bits per heavy atom. The number of carbonyl (C=O) groups is 3. The van der Waals surface area contributed by atoms with Gasteiger partial charge in [-0.1, -0.05) is 6.07 Å². The van der Waals surface area contributed by atoms with Crippen LogP contribution in [0.15, 0.2) is 17.7 Å². The fraction of sp³-hybridized carbons (Fsp3) is 0.421. The molecule has 0 aromatic heterocycles. The van der Waals surface area contributed by atoms with E-state index in [-0.39, 0.29) is 29.7 Å². The van der Waals surface area contributed by atoms with Crippen LogP contribution in [0.1, 0.15) is 24.0 Å². The number of aromatic hydroxyl groups is 1. The molecule has 0 bridgehead atoms. The number of aliphatic hydroxyl groups excluding tert-OH is 2. The van der Waals surface area contributed by atoms with Crippen LogP contribution >= 0.6 is 22.6 Å². The molecule has 1 aromatic rings. The number of nitrogens with two attached hydrogens (primary N) is 1. The van der Waals surface area contributed by atoms with Gasteiger partial charge in [0.05, 0.1) is 21.2 Å². The first-order valence-corrected chi connectivity index (χ1v) is 9.88. The molecular formula is C19H18INO7. The number of amides is 1. The van der Waals surface area contributed by atoms with Crippen molar-refractivity contribution in [2.45, 2.75) is 31.0 Å². The molecule has 8 nitrogen and oxygen atoms in total. The molecule has 148 valence electrons. The first-order valence-electron chi connectivity index (χ1n) is 8.80. The van der Waals surface area contributed by atoms with Gasteiger partial charge in [-0.15, -0.1) is 0 Å². The van der Waals surface area contributed by atoms with Gasteiger partial charge in [0.1, 0.15) is 11.5 Å². The van der Waals surface area contributed by atoms with Crippen LogP contribution in [0.4, 0.5) is 0 Å². The van der Waals surface area contributed by atoms with Gasteiger partial charge in [-0.3, -0.25) is 14.4 Å². The van der Waals surface area contributed by atoms with Crippen LogP contribution in [0.2, 0.25) is 0 Å². The standard InChI is InChI=1S/C19H18INO7/c20-10-2-1-6-3-8-13(18(21)27)9-4-7(22)5-11(23)19(9,28)17(26)14(8)16(25)12(6)15(10)24/h1-2,7-9,13,22,24-25,28H,3-5H2,(H2,21,27). The predicted octanol–water partition coefficient (Wildman–Crippen LogP) is 0.193. The zero-order valence-electron chi connectivity index (χ0n) is 14.6. The third-order valence-corrected chi connectivity index (χ3v) is 7.08. The number of hydrogen-bond donors (Lipinski definition) is 5. The quantitative estimate of drug-likeness (QED) is 0.273. The Morgan fingerprint density at radius 1 is 1.21 bits per heavy atom. The topological polar surface area (TPSA) is 158 Å². The molecule has 4 rings (SSSR count). The van der Waals surface area contributed by atoms with E-state index in [1.54, 1.807) is 12.1 Å². The van der Waals surface area contributed by atoms with E-state index in [0.29, 0.717) is 9.13 Å². The second-order valence-electron chi connectivity index (χ2n) is 7.65. The molecule has 0 heterocycles. The van der Waals surface area contributed by atoms with Crippen LogP contribution in [0.5, 0.6) is 5.75 Å². The summed E-state index contributed by atoms with van der Waals surface area (Å²) < 4.78 is 0.449. The summed E-state index contributed by atoms with van der Waals surface area (Å²) in [6, 6.07) is 3.31. The minimum atomic E-state index is -2.53. The minimum Gasteiger partial charge on any atom is -0.507 e. The van der Waals surface area contributed by atoms with Crippen molar-refractivity contribution in [3.63, 3.8) is 0 Å². The molecule has 2 saturated carbocycles. The number of phenols is 1. The van der Waals surface area contributed by atoms with Crippen molar-refractivity contribution in [2.24, 2.45) is 23.5 Å². The van der Waals surface area contributed by atoms with Crippen molar-refractivity contribution in [2.75, 3.05) is 0 Å². The molecule has 0 saturated heterocycles. The van der Waals surface area contributed by atoms with Gasteiger partial charge in [0.15, 0.2) is 11.4 Å². The molecule has 0 spiro atoms. The number of fused-ring (bicyclic) bond motifs is 3. The summed E-state index contributed by atoms with van der Waals surface area (Å²) in [6.07, 6.45) is -1.53. The van der Waals surface area contributed by atoms with Gasteiger partial charge in [0.2, 0.25) is 11.7 Å². The Kier molecular flexibility index (Phi) is 4.32. The summed E-state index contributed by atoms with van der Waals surface area (Å²) in [6.45, 7) is 0. The summed E-state index contributed by atoms with van der Waals surface area (Å²) in [5.74, 6) is -6.65. The number of aliphatic hydroxyl groups is 3. The number of benzene rings is 1. The molecule has 9 heteroatoms. The SMILES string of the molecule is NC(=O)C1C2Cc3ccc(I)c(O)c3C(O)=C2C(=O)C2(O)C(=O)CC(O)CC12. The monoisotopic (exact) mass is 499 g/mol. The molecular weight excluding hydrogens is 481 g/mol. The van der Waals surface area contributed by atoms with Gasteiger partial charge in [-0.25, -0.2) is 0 Å². The lowest BCUT2D eigenvalue weighted by atomic mass is 9.53. The van der Waals surface area contributed by atoms with E-state index in [1.165, 1.54) is 0 Å². The maximum Gasteiger partial charge on any atom is 0.221 e. The normalized spacial score (nSPS) is 34.5. The van der Waals surface area contributed by atoms with Gasteiger partial charge in [-0.05, 0) is 47.1 Å². The highest BCUT2D eigenvalue weighted by Crippen LogP contribution is 2.53. The largest absolute Gasteiger partial charge is 0.507 e. The molecule has 28 heavy (non-hydrogen) atoms. The number of primary amides is 1. The Labute approximate surface area is 173 Å². The Morgan fingerprint density at radius 3 is 2.54 bits per heavy atom. The fourth-order valence-corrected chi connectivity index (χ4v) is 5.43. The number of ketones is 2. The lowest BCUT2D eigenvalue weighted by Crippen LogP contribution is -2.66. The first kappa shape index (κ1) is 19.3. The van der Waals surface area contributed by atoms with Crippen LogP contribution in [-0.4, -0.2) is 49.6 Å². The lowest BCUT2D eigenvalue weighted by molar-refractivity contribution is -0.173. The fourth-order valence-electron chi connectivity index (χ4n) is 4.98. The molecule has 5 unspecified atom stereocenters. The van der Waals surface area contributed by atoms with Gasteiger partial charge >= 0.3 is 0 Å². The van der Waals surface area contributed by atoms with Gasteiger partial charge in [-0.2, -0.15) is 0 Å². The lowest BCUT2D eigenvalue weighted by Gasteiger charge is -2.50. The summed E-state index contributed by atoms with van der Waals surface area (Å²) in [4.78, 5) is 38.1. The first-order chi connectivity index (χ1) is 13.1. The second kappa shape index (κ2) is 6.26. The van der Waals surface area contributed by atoms with Crippen LogP contribution in [0.25, 0.3) is 5.76 Å². The smallest absolute Gasteiger partial charge is 0.221 e. The van der Waals surface area contributed by atoms with Crippen molar-refractivity contribution in [3.05, 3.63) is 32.4 Å². The highest BCUT2D eigenvalue weighted by molar-refractivity contribution is 14.1. The van der Waals surface area contributed by atoms with Crippen molar-refractivity contribution in [1.82, 2.24) is 0 Å². The highest BCUT2D eigenvalue weighted by atomic mass is 127. The minimum absolute atomic E-state index is 0.0556. The van der Waals surface area contributed by atoms with E-state index < -0.39 is 59.1 Å². The maximum atomic E-state index is 13.2. The molecule has 1 amide bonds. The van der Waals surface area contributed by atoms with E-state index in [0.717, 1.165) is 0 Å². The van der Waals surface area contributed by atoms with Crippen molar-refractivity contribution in [3.8, 4) is 5.75 Å². The molecule has 0 aliphatic heterocycles. The number of halogens is 1. The molecule has 2 fully saturated rings. The number of hydrogen-bond acceptors (Lipinski definition) is 7. The maximum absolute atomic E-state index is 13.2. The zero-order chi connectivity index (χ0) is 20.5. The van der Waals surface area contributed by atoms with Crippen molar-refractivity contribution in [1.29, 1.82) is 0 Å². The Bertz CT molecular complexity index is 971. The number of carbonyl (C=O) groups excluding carboxylic acids is 3. The van der Waals surface area contributed by atoms with Crippen LogP contribution in [0, 0.1) is 21.3 Å². The van der Waals surface area contributed by atoms with E-state index >= 15 is 0 Å². The van der Waals surface area contributed by atoms with Gasteiger partial charge in [0, 0.05) is 23.8 Å². The van der Waals surface area contributed by atoms with Gasteiger partial charge in [0.25, 0.3) is 0 Å². The predicted molar refractivity (Wildman–Crippen MR) is 104 cm³/mol. The molecule has 1 aromatic carbocycles. The Hall–Kier alpha value is -1.98. The highest BCUT2D eigenvalue weighted by Gasteiger charge is 2.65. The third-order valence-electron chi connectivity index (χ3n) is 6.21. The average molecular weight is 499 g/mol. The molecule has 3 aliphatic carbocycles. The summed E-state index contributed by atoms with van der Waals surface area (Å²) in [7, 11) is 0. The molecule has 3 aliphatic rings. The summed E-state index contributed by atoms with van der Waals surface area (Å²) >= 11 is 1.87. The van der Waals surface area contributed by atoms with E-state index in [4.69, 9.17) is 5.73 Å². The van der Waals surface area contributed by atoms with Crippen molar-refractivity contribution >= 4 is 45.8 Å². The van der Waals surface area contributed by atoms with Crippen molar-refractivity contribution < 1.29 is 34.8 Å². The summed E-state index contributed by atoms with van der Waals surface area (Å²) in [5.41, 5.74) is 3.37. The van der Waals surface area contributed by atoms with Gasteiger partial charge < -0.3 is 26.2 Å². The van der Waals surface area contributed by atoms with E-state index in [9.17, 15) is 34.8 Å². The molecule has 0 radical (unpaired) electrons. The van der Waals surface area contributed by atoms with E-state index in [2.05, 4.69) is 0 Å². The van der Waals surface area contributed by atoms with Crippen LogP contribution in [-0.2, 0) is 20.8 Å².